The molecular formula is C17H20N4O6. The van der Waals surface area contributed by atoms with E-state index in [0.29, 0.717) is 17.0 Å². The lowest BCUT2D eigenvalue weighted by Gasteiger charge is -2.38. The highest BCUT2D eigenvalue weighted by molar-refractivity contribution is 6.00. The molecule has 1 aliphatic rings. The molecule has 3 rings (SSSR count). The summed E-state index contributed by atoms with van der Waals surface area (Å²) < 4.78 is 10.7. The number of likely N-dealkylation sites (N-methyl/N-ethyl adjacent to an activating group) is 1. The van der Waals surface area contributed by atoms with Gasteiger partial charge in [-0.15, -0.1) is 5.10 Å². The number of nitrogens with one attached hydrogen (secondary N) is 1. The third kappa shape index (κ3) is 3.37. The number of amides is 2. The smallest absolute Gasteiger partial charge is 0.434 e. The van der Waals surface area contributed by atoms with E-state index in [1.165, 1.54) is 11.9 Å². The van der Waals surface area contributed by atoms with E-state index >= 15 is 0 Å². The Balaban J connectivity index is 2.00. The van der Waals surface area contributed by atoms with E-state index < -0.39 is 29.3 Å². The first kappa shape index (κ1) is 18.5. The number of carboxylic acid groups (broad SMARTS) is 1. The maximum Gasteiger partial charge on any atom is 0.434 e. The molecular weight excluding hydrogens is 356 g/mol. The minimum atomic E-state index is -1.21. The number of benzene rings is 1. The molecule has 2 N–H and O–H groups in total. The Labute approximate surface area is 154 Å². The maximum atomic E-state index is 13.0. The molecule has 0 saturated carbocycles. The van der Waals surface area contributed by atoms with Gasteiger partial charge in [-0.25, -0.2) is 14.7 Å². The monoisotopic (exact) mass is 376 g/mol. The average molecular weight is 376 g/mol. The van der Waals surface area contributed by atoms with Crippen LogP contribution in [0.3, 0.4) is 0 Å². The molecule has 2 aromatic rings. The van der Waals surface area contributed by atoms with Gasteiger partial charge in [0.2, 0.25) is 5.89 Å². The van der Waals surface area contributed by atoms with Crippen LogP contribution >= 0.6 is 0 Å². The predicted molar refractivity (Wildman–Crippen MR) is 94.9 cm³/mol. The Morgan fingerprint density at radius 1 is 1.37 bits per heavy atom. The van der Waals surface area contributed by atoms with Gasteiger partial charge in [-0.3, -0.25) is 9.69 Å². The first-order valence-corrected chi connectivity index (χ1v) is 8.22. The number of hydrogen-bond donors (Lipinski definition) is 2. The number of H-pyrrole nitrogens is 1. The van der Waals surface area contributed by atoms with Crippen molar-refractivity contribution in [3.63, 3.8) is 0 Å². The van der Waals surface area contributed by atoms with Gasteiger partial charge in [0.05, 0.1) is 5.69 Å². The minimum Gasteiger partial charge on any atom is -0.489 e. The molecule has 10 heteroatoms. The van der Waals surface area contributed by atoms with Crippen molar-refractivity contribution in [3.8, 4) is 17.2 Å². The number of nitrogens with zero attached hydrogens (tertiary/aromatic N) is 3. The highest BCUT2D eigenvalue weighted by atomic mass is 16.5. The highest BCUT2D eigenvalue weighted by Gasteiger charge is 2.41. The first-order chi connectivity index (χ1) is 12.6. The molecule has 1 aromatic heterocycles. The van der Waals surface area contributed by atoms with Gasteiger partial charge in [0.15, 0.2) is 0 Å². The summed E-state index contributed by atoms with van der Waals surface area (Å²) in [6.07, 6.45) is -1.21. The lowest BCUT2D eigenvalue weighted by atomic mass is 10.0. The zero-order chi connectivity index (χ0) is 19.9. The van der Waals surface area contributed by atoms with Gasteiger partial charge in [-0.2, -0.15) is 0 Å². The van der Waals surface area contributed by atoms with E-state index in [1.54, 1.807) is 39.0 Å². The van der Waals surface area contributed by atoms with E-state index in [-0.39, 0.29) is 12.5 Å². The molecule has 1 aromatic carbocycles. The zero-order valence-corrected chi connectivity index (χ0v) is 15.3. The molecule has 0 radical (unpaired) electrons. The highest BCUT2D eigenvalue weighted by Crippen LogP contribution is 2.35. The summed E-state index contributed by atoms with van der Waals surface area (Å²) in [4.78, 5) is 38.4. The Bertz CT molecular complexity index is 941. The van der Waals surface area contributed by atoms with Gasteiger partial charge >= 0.3 is 11.8 Å². The predicted octanol–water partition coefficient (Wildman–Crippen LogP) is 1.53. The number of anilines is 1. The second-order valence-electron chi connectivity index (χ2n) is 7.15. The summed E-state index contributed by atoms with van der Waals surface area (Å²) in [5.74, 6) is -0.629. The Kier molecular flexibility index (Phi) is 4.42. The van der Waals surface area contributed by atoms with Crippen molar-refractivity contribution < 1.29 is 23.8 Å². The molecule has 0 unspecified atom stereocenters. The van der Waals surface area contributed by atoms with Crippen LogP contribution in [0, 0.1) is 0 Å². The quantitative estimate of drug-likeness (QED) is 0.813. The van der Waals surface area contributed by atoms with E-state index in [9.17, 15) is 19.5 Å². The number of carbonyl (C=O) groups excluding carboxylic acids is 1. The lowest BCUT2D eigenvalue weighted by Crippen LogP contribution is -2.58. The fourth-order valence-corrected chi connectivity index (χ4v) is 3.04. The van der Waals surface area contributed by atoms with E-state index in [2.05, 4.69) is 10.2 Å². The van der Waals surface area contributed by atoms with Crippen molar-refractivity contribution in [2.75, 3.05) is 18.6 Å². The van der Waals surface area contributed by atoms with Gasteiger partial charge in [0, 0.05) is 18.2 Å². The summed E-state index contributed by atoms with van der Waals surface area (Å²) in [6, 6.07) is 3.84. The standard InChI is InChI=1S/C17H20N4O6/c1-17(2,3)21(16(24)25)11-8-26-12-6-5-9(13-18-19-15(23)27-13)7-10(12)20(4)14(11)22/h5-7,11H,8H2,1-4H3,(H,19,23)(H,24,25)/t11-/m0/s1. The van der Waals surface area contributed by atoms with Gasteiger partial charge in [-0.05, 0) is 39.0 Å². The first-order valence-electron chi connectivity index (χ1n) is 8.22. The van der Waals surface area contributed by atoms with Gasteiger partial charge in [0.1, 0.15) is 18.4 Å². The number of ether oxygens (including phenoxy) is 1. The number of rotatable bonds is 2. The van der Waals surface area contributed by atoms with Crippen LogP contribution in [0.5, 0.6) is 5.75 Å². The van der Waals surface area contributed by atoms with Crippen LogP contribution in [0.2, 0.25) is 0 Å². The van der Waals surface area contributed by atoms with E-state index in [1.807, 2.05) is 0 Å². The number of fused-ring (bicyclic) bond motifs is 1. The average Bonchev–Trinajstić information content (AvgIpc) is 2.97. The van der Waals surface area contributed by atoms with Crippen molar-refractivity contribution in [1.82, 2.24) is 15.1 Å². The fraction of sp³-hybridized carbons (Fsp3) is 0.412. The minimum absolute atomic E-state index is 0.0753. The topological polar surface area (TPSA) is 129 Å². The molecule has 0 saturated heterocycles. The molecule has 0 aliphatic carbocycles. The largest absolute Gasteiger partial charge is 0.489 e. The van der Waals surface area contributed by atoms with Gasteiger partial charge in [-0.1, -0.05) is 0 Å². The van der Waals surface area contributed by atoms with Crippen LogP contribution < -0.4 is 15.4 Å². The van der Waals surface area contributed by atoms with Crippen molar-refractivity contribution in [3.05, 3.63) is 28.7 Å². The number of hydrogen-bond acceptors (Lipinski definition) is 6. The van der Waals surface area contributed by atoms with Gasteiger partial charge in [0.25, 0.3) is 5.91 Å². The molecule has 10 nitrogen and oxygen atoms in total. The third-order valence-corrected chi connectivity index (χ3v) is 4.26. The normalized spacial score (nSPS) is 17.1. The molecule has 0 spiro atoms. The fourth-order valence-electron chi connectivity index (χ4n) is 3.04. The molecule has 2 heterocycles. The molecule has 0 fully saturated rings. The molecule has 1 aliphatic heterocycles. The molecule has 144 valence electrons. The van der Waals surface area contributed by atoms with Crippen LogP contribution in [0.4, 0.5) is 10.5 Å². The second kappa shape index (κ2) is 6.45. The summed E-state index contributed by atoms with van der Waals surface area (Å²) in [5.41, 5.74) is 0.0980. The summed E-state index contributed by atoms with van der Waals surface area (Å²) >= 11 is 0. The van der Waals surface area contributed by atoms with Crippen LogP contribution in [-0.4, -0.2) is 57.4 Å². The second-order valence-corrected chi connectivity index (χ2v) is 7.15. The van der Waals surface area contributed by atoms with E-state index in [0.717, 1.165) is 4.90 Å². The number of aromatic nitrogens is 2. The van der Waals surface area contributed by atoms with Crippen LogP contribution in [0.15, 0.2) is 27.4 Å². The van der Waals surface area contributed by atoms with Crippen molar-refractivity contribution in [2.24, 2.45) is 0 Å². The summed E-state index contributed by atoms with van der Waals surface area (Å²) in [5, 5.41) is 15.6. The summed E-state index contributed by atoms with van der Waals surface area (Å²) in [7, 11) is 1.54. The Morgan fingerprint density at radius 2 is 2.07 bits per heavy atom. The molecule has 2 amide bonds. The van der Waals surface area contributed by atoms with Crippen LogP contribution in [0.1, 0.15) is 20.8 Å². The summed E-state index contributed by atoms with van der Waals surface area (Å²) in [6.45, 7) is 5.02. The molecule has 0 bridgehead atoms. The SMILES string of the molecule is CN1C(=O)[C@@H](N(C(=O)O)C(C)(C)C)COc2ccc(-c3n[nH]c(=O)o3)cc21. The zero-order valence-electron chi connectivity index (χ0n) is 15.3. The number of aromatic amines is 1. The van der Waals surface area contributed by atoms with E-state index in [4.69, 9.17) is 9.15 Å². The Morgan fingerprint density at radius 3 is 2.63 bits per heavy atom. The molecule has 1 atom stereocenters. The third-order valence-electron chi connectivity index (χ3n) is 4.26. The van der Waals surface area contributed by atoms with Crippen molar-refractivity contribution in [1.29, 1.82) is 0 Å². The van der Waals surface area contributed by atoms with Crippen molar-refractivity contribution in [2.45, 2.75) is 32.4 Å². The lowest BCUT2D eigenvalue weighted by molar-refractivity contribution is -0.125. The maximum absolute atomic E-state index is 13.0. The Hall–Kier alpha value is -3.30. The van der Waals surface area contributed by atoms with Gasteiger partial charge < -0.3 is 19.2 Å². The van der Waals surface area contributed by atoms with Crippen LogP contribution in [0.25, 0.3) is 11.5 Å². The van der Waals surface area contributed by atoms with Crippen molar-refractivity contribution >= 4 is 17.7 Å². The molecule has 27 heavy (non-hydrogen) atoms. The number of carbonyl (C=O) groups is 2. The van der Waals surface area contributed by atoms with Crippen LogP contribution in [-0.2, 0) is 4.79 Å².